The van der Waals surface area contributed by atoms with E-state index in [9.17, 15) is 10.1 Å². The molecule has 8 heteroatoms. The molecule has 24 heavy (non-hydrogen) atoms. The number of benzene rings is 1. The number of hydrogen-bond donors (Lipinski definition) is 2. The van der Waals surface area contributed by atoms with Crippen LogP contribution < -0.4 is 10.6 Å². The van der Waals surface area contributed by atoms with E-state index < -0.39 is 0 Å². The lowest BCUT2D eigenvalue weighted by Gasteiger charge is -2.12. The fourth-order valence-electron chi connectivity index (χ4n) is 2.48. The summed E-state index contributed by atoms with van der Waals surface area (Å²) in [6.45, 7) is 4.89. The number of hydrogen-bond acceptors (Lipinski definition) is 4. The molecule has 0 saturated carbocycles. The zero-order chi connectivity index (χ0) is 17.7. The van der Waals surface area contributed by atoms with Crippen LogP contribution in [-0.4, -0.2) is 27.7 Å². The van der Waals surface area contributed by atoms with Crippen LogP contribution in [0.3, 0.4) is 0 Å². The van der Waals surface area contributed by atoms with Crippen molar-refractivity contribution in [3.8, 4) is 0 Å². The molecular weight excluding hydrogens is 308 g/mol. The molecule has 2 N–H and O–H groups in total. The predicted octanol–water partition coefficient (Wildman–Crippen LogP) is 1.81. The average molecular weight is 330 g/mol. The Hall–Kier alpha value is -2.90. The largest absolute Gasteiger partial charge is 0.352 e. The Balaban J connectivity index is 2.00. The molecule has 128 valence electrons. The van der Waals surface area contributed by atoms with Gasteiger partial charge in [0, 0.05) is 50.1 Å². The first kappa shape index (κ1) is 17.5. The van der Waals surface area contributed by atoms with E-state index >= 15 is 0 Å². The van der Waals surface area contributed by atoms with Gasteiger partial charge in [0.15, 0.2) is 5.96 Å². The van der Waals surface area contributed by atoms with E-state index in [4.69, 9.17) is 0 Å². The van der Waals surface area contributed by atoms with E-state index in [0.717, 1.165) is 17.0 Å². The predicted molar refractivity (Wildman–Crippen MR) is 92.8 cm³/mol. The van der Waals surface area contributed by atoms with Gasteiger partial charge in [0.25, 0.3) is 5.69 Å². The molecule has 0 unspecified atom stereocenters. The third kappa shape index (κ3) is 3.89. The molecule has 1 heterocycles. The summed E-state index contributed by atoms with van der Waals surface area (Å²) in [6.07, 6.45) is 0. The lowest BCUT2D eigenvalue weighted by Crippen LogP contribution is -2.36. The highest BCUT2D eigenvalue weighted by atomic mass is 16.6. The molecule has 0 radical (unpaired) electrons. The molecule has 0 amide bonds. The van der Waals surface area contributed by atoms with Gasteiger partial charge in [-0.2, -0.15) is 5.10 Å². The van der Waals surface area contributed by atoms with Gasteiger partial charge in [0.2, 0.25) is 0 Å². The maximum Gasteiger partial charge on any atom is 0.274 e. The standard InChI is InChI=1S/C16H22N6O2/c1-11-14(12(2)21(4)20-11)10-19-16(17-3)18-9-13-7-5-6-8-15(13)22(23)24/h5-8H,9-10H2,1-4H3,(H2,17,18,19). The number of aryl methyl sites for hydroxylation is 2. The lowest BCUT2D eigenvalue weighted by molar-refractivity contribution is -0.385. The van der Waals surface area contributed by atoms with Gasteiger partial charge in [-0.15, -0.1) is 0 Å². The summed E-state index contributed by atoms with van der Waals surface area (Å²) < 4.78 is 1.84. The molecule has 0 aliphatic carbocycles. The van der Waals surface area contributed by atoms with E-state index in [1.54, 1.807) is 25.2 Å². The zero-order valence-corrected chi connectivity index (χ0v) is 14.3. The second kappa shape index (κ2) is 7.58. The molecule has 0 aliphatic heterocycles. The first-order chi connectivity index (χ1) is 11.4. The van der Waals surface area contributed by atoms with Crippen molar-refractivity contribution in [2.24, 2.45) is 12.0 Å². The van der Waals surface area contributed by atoms with Gasteiger partial charge in [-0.3, -0.25) is 19.8 Å². The SMILES string of the molecule is CN=C(NCc1ccccc1[N+](=O)[O-])NCc1c(C)nn(C)c1C. The van der Waals surface area contributed by atoms with Crippen LogP contribution in [0.15, 0.2) is 29.3 Å². The molecule has 1 aromatic carbocycles. The molecule has 0 aliphatic rings. The number of para-hydroxylation sites is 1. The highest BCUT2D eigenvalue weighted by molar-refractivity contribution is 5.79. The number of nitro benzene ring substituents is 1. The van der Waals surface area contributed by atoms with Gasteiger partial charge in [-0.05, 0) is 13.8 Å². The minimum Gasteiger partial charge on any atom is -0.352 e. The number of aromatic nitrogens is 2. The third-order valence-electron chi connectivity index (χ3n) is 3.95. The van der Waals surface area contributed by atoms with Crippen LogP contribution in [0, 0.1) is 24.0 Å². The van der Waals surface area contributed by atoms with Crippen LogP contribution in [-0.2, 0) is 20.1 Å². The average Bonchev–Trinajstić information content (AvgIpc) is 2.80. The zero-order valence-electron chi connectivity index (χ0n) is 14.3. The molecule has 2 rings (SSSR count). The number of guanidine groups is 1. The Bertz CT molecular complexity index is 766. The molecule has 0 bridgehead atoms. The summed E-state index contributed by atoms with van der Waals surface area (Å²) in [6, 6.07) is 6.66. The van der Waals surface area contributed by atoms with Crippen LogP contribution >= 0.6 is 0 Å². The number of nitrogens with zero attached hydrogens (tertiary/aromatic N) is 4. The Morgan fingerprint density at radius 1 is 1.29 bits per heavy atom. The lowest BCUT2D eigenvalue weighted by atomic mass is 10.2. The van der Waals surface area contributed by atoms with Gasteiger partial charge in [0.1, 0.15) is 0 Å². The smallest absolute Gasteiger partial charge is 0.274 e. The molecule has 0 fully saturated rings. The summed E-state index contributed by atoms with van der Waals surface area (Å²) in [5, 5.41) is 21.7. The molecular formula is C16H22N6O2. The van der Waals surface area contributed by atoms with Crippen molar-refractivity contribution in [1.82, 2.24) is 20.4 Å². The highest BCUT2D eigenvalue weighted by Gasteiger charge is 2.13. The van der Waals surface area contributed by atoms with Crippen molar-refractivity contribution < 1.29 is 4.92 Å². The minimum atomic E-state index is -0.379. The Kier molecular flexibility index (Phi) is 5.51. The molecule has 0 saturated heterocycles. The summed E-state index contributed by atoms with van der Waals surface area (Å²) in [7, 11) is 3.57. The summed E-state index contributed by atoms with van der Waals surface area (Å²) in [4.78, 5) is 14.8. The van der Waals surface area contributed by atoms with E-state index in [1.165, 1.54) is 6.07 Å². The topological polar surface area (TPSA) is 97.4 Å². The van der Waals surface area contributed by atoms with E-state index in [1.807, 2.05) is 25.6 Å². The third-order valence-corrected chi connectivity index (χ3v) is 3.95. The second-order valence-corrected chi connectivity index (χ2v) is 5.44. The first-order valence-electron chi connectivity index (χ1n) is 7.60. The second-order valence-electron chi connectivity index (χ2n) is 5.44. The van der Waals surface area contributed by atoms with Crippen molar-refractivity contribution >= 4 is 11.6 Å². The molecule has 1 aromatic heterocycles. The van der Waals surface area contributed by atoms with Crippen molar-refractivity contribution in [1.29, 1.82) is 0 Å². The monoisotopic (exact) mass is 330 g/mol. The number of nitro groups is 1. The quantitative estimate of drug-likeness (QED) is 0.377. The number of rotatable bonds is 5. The van der Waals surface area contributed by atoms with Crippen LogP contribution in [0.1, 0.15) is 22.5 Å². The van der Waals surface area contributed by atoms with Crippen molar-refractivity contribution in [2.75, 3.05) is 7.05 Å². The van der Waals surface area contributed by atoms with E-state index in [-0.39, 0.29) is 10.6 Å². The van der Waals surface area contributed by atoms with Gasteiger partial charge in [-0.25, -0.2) is 0 Å². The molecule has 0 atom stereocenters. The van der Waals surface area contributed by atoms with Crippen LogP contribution in [0.25, 0.3) is 0 Å². The van der Waals surface area contributed by atoms with Gasteiger partial charge in [-0.1, -0.05) is 18.2 Å². The Morgan fingerprint density at radius 2 is 1.96 bits per heavy atom. The fraction of sp³-hybridized carbons (Fsp3) is 0.375. The van der Waals surface area contributed by atoms with Crippen LogP contribution in [0.2, 0.25) is 0 Å². The van der Waals surface area contributed by atoms with E-state index in [2.05, 4.69) is 20.7 Å². The van der Waals surface area contributed by atoms with Gasteiger partial charge in [0.05, 0.1) is 10.6 Å². The van der Waals surface area contributed by atoms with Crippen LogP contribution in [0.4, 0.5) is 5.69 Å². The maximum absolute atomic E-state index is 11.0. The number of aliphatic imine (C=N–C) groups is 1. The summed E-state index contributed by atoms with van der Waals surface area (Å²) >= 11 is 0. The van der Waals surface area contributed by atoms with Crippen LogP contribution in [0.5, 0.6) is 0 Å². The maximum atomic E-state index is 11.0. The van der Waals surface area contributed by atoms with Crippen molar-refractivity contribution in [3.05, 3.63) is 56.9 Å². The molecule has 2 aromatic rings. The molecule has 8 nitrogen and oxygen atoms in total. The highest BCUT2D eigenvalue weighted by Crippen LogP contribution is 2.17. The summed E-state index contributed by atoms with van der Waals surface area (Å²) in [5.74, 6) is 0.579. The fourth-order valence-corrected chi connectivity index (χ4v) is 2.48. The molecule has 0 spiro atoms. The Labute approximate surface area is 140 Å². The normalized spacial score (nSPS) is 11.4. The van der Waals surface area contributed by atoms with Gasteiger partial charge >= 0.3 is 0 Å². The van der Waals surface area contributed by atoms with Crippen molar-refractivity contribution in [3.63, 3.8) is 0 Å². The van der Waals surface area contributed by atoms with E-state index in [0.29, 0.717) is 24.6 Å². The Morgan fingerprint density at radius 3 is 2.54 bits per heavy atom. The van der Waals surface area contributed by atoms with Crippen molar-refractivity contribution in [2.45, 2.75) is 26.9 Å². The number of nitrogens with one attached hydrogen (secondary N) is 2. The summed E-state index contributed by atoms with van der Waals surface area (Å²) in [5.41, 5.74) is 3.88. The van der Waals surface area contributed by atoms with Gasteiger partial charge < -0.3 is 10.6 Å². The minimum absolute atomic E-state index is 0.0967. The first-order valence-corrected chi connectivity index (χ1v) is 7.60.